The molecule has 0 saturated carbocycles. The van der Waals surface area contributed by atoms with Crippen molar-refractivity contribution in [2.75, 3.05) is 0 Å². The molecule has 0 fully saturated rings. The molecule has 1 unspecified atom stereocenters. The SMILES string of the molecule is O=S1(=O)NC(c2c[nH]c3ccc(Br)cc23)c2ccccc21. The van der Waals surface area contributed by atoms with E-state index in [1.165, 1.54) is 0 Å². The van der Waals surface area contributed by atoms with Crippen molar-refractivity contribution in [3.8, 4) is 0 Å². The van der Waals surface area contributed by atoms with E-state index in [0.717, 1.165) is 26.5 Å². The third kappa shape index (κ3) is 1.94. The minimum absolute atomic E-state index is 0.353. The van der Waals surface area contributed by atoms with Crippen molar-refractivity contribution < 1.29 is 8.42 Å². The third-order valence-electron chi connectivity index (χ3n) is 3.78. The Balaban J connectivity index is 1.97. The maximum Gasteiger partial charge on any atom is 0.241 e. The number of halogens is 1. The zero-order valence-electron chi connectivity index (χ0n) is 10.8. The highest BCUT2D eigenvalue weighted by molar-refractivity contribution is 9.10. The van der Waals surface area contributed by atoms with Crippen molar-refractivity contribution in [1.29, 1.82) is 0 Å². The third-order valence-corrected chi connectivity index (χ3v) is 5.77. The summed E-state index contributed by atoms with van der Waals surface area (Å²) in [5, 5.41) is 1.01. The summed E-state index contributed by atoms with van der Waals surface area (Å²) in [5.74, 6) is 0. The van der Waals surface area contributed by atoms with Crippen LogP contribution < -0.4 is 4.72 Å². The smallest absolute Gasteiger partial charge is 0.241 e. The predicted molar refractivity (Wildman–Crippen MR) is 84.6 cm³/mol. The quantitative estimate of drug-likeness (QED) is 0.697. The average Bonchev–Trinajstić information content (AvgIpc) is 2.98. The zero-order valence-corrected chi connectivity index (χ0v) is 13.2. The van der Waals surface area contributed by atoms with E-state index in [2.05, 4.69) is 25.6 Å². The summed E-state index contributed by atoms with van der Waals surface area (Å²) in [7, 11) is -3.44. The van der Waals surface area contributed by atoms with Crippen LogP contribution in [0.2, 0.25) is 0 Å². The normalized spacial score (nSPS) is 19.8. The molecule has 1 atom stereocenters. The van der Waals surface area contributed by atoms with Crippen LogP contribution in [-0.4, -0.2) is 13.4 Å². The fourth-order valence-electron chi connectivity index (χ4n) is 2.83. The number of nitrogens with one attached hydrogen (secondary N) is 2. The Hall–Kier alpha value is -1.63. The van der Waals surface area contributed by atoms with Crippen molar-refractivity contribution in [1.82, 2.24) is 9.71 Å². The lowest BCUT2D eigenvalue weighted by Crippen LogP contribution is -2.20. The average molecular weight is 363 g/mol. The van der Waals surface area contributed by atoms with Gasteiger partial charge in [-0.2, -0.15) is 4.72 Å². The molecule has 21 heavy (non-hydrogen) atoms. The maximum absolute atomic E-state index is 12.2. The molecule has 4 rings (SSSR count). The molecule has 0 bridgehead atoms. The first-order valence-corrected chi connectivity index (χ1v) is 8.72. The van der Waals surface area contributed by atoms with Crippen molar-refractivity contribution in [3.05, 3.63) is 64.3 Å². The van der Waals surface area contributed by atoms with Crippen LogP contribution in [0.5, 0.6) is 0 Å². The van der Waals surface area contributed by atoms with Gasteiger partial charge in [-0.1, -0.05) is 34.1 Å². The van der Waals surface area contributed by atoms with Gasteiger partial charge in [0, 0.05) is 21.6 Å². The molecule has 2 heterocycles. The topological polar surface area (TPSA) is 62.0 Å². The summed E-state index contributed by atoms with van der Waals surface area (Å²) in [5.41, 5.74) is 2.70. The lowest BCUT2D eigenvalue weighted by atomic mass is 9.99. The minimum atomic E-state index is -3.44. The molecule has 6 heteroatoms. The molecule has 0 aliphatic carbocycles. The van der Waals surface area contributed by atoms with Gasteiger partial charge in [-0.15, -0.1) is 0 Å². The molecule has 106 valence electrons. The van der Waals surface area contributed by atoms with Gasteiger partial charge >= 0.3 is 0 Å². The summed E-state index contributed by atoms with van der Waals surface area (Å²) in [6, 6.07) is 12.7. The largest absolute Gasteiger partial charge is 0.361 e. The van der Waals surface area contributed by atoms with Crippen LogP contribution >= 0.6 is 15.9 Å². The van der Waals surface area contributed by atoms with Gasteiger partial charge in [-0.25, -0.2) is 8.42 Å². The Kier molecular flexibility index (Phi) is 2.76. The second-order valence-electron chi connectivity index (χ2n) is 5.03. The van der Waals surface area contributed by atoms with Crippen LogP contribution in [0.4, 0.5) is 0 Å². The molecule has 2 aromatic carbocycles. The molecule has 0 saturated heterocycles. The minimum Gasteiger partial charge on any atom is -0.361 e. The molecule has 4 nitrogen and oxygen atoms in total. The van der Waals surface area contributed by atoms with Crippen LogP contribution in [0.25, 0.3) is 10.9 Å². The molecule has 3 aromatic rings. The number of sulfonamides is 1. The van der Waals surface area contributed by atoms with Crippen molar-refractivity contribution in [3.63, 3.8) is 0 Å². The fraction of sp³-hybridized carbons (Fsp3) is 0.0667. The molecular formula is C15H11BrN2O2S. The van der Waals surface area contributed by atoms with Gasteiger partial charge in [-0.05, 0) is 35.4 Å². The van der Waals surface area contributed by atoms with E-state index in [-0.39, 0.29) is 6.04 Å². The molecule has 0 amide bonds. The van der Waals surface area contributed by atoms with Crippen molar-refractivity contribution in [2.24, 2.45) is 0 Å². The van der Waals surface area contributed by atoms with Gasteiger partial charge in [-0.3, -0.25) is 0 Å². The molecule has 1 aliphatic rings. The van der Waals surface area contributed by atoms with Crippen LogP contribution in [0.15, 0.2) is 58.0 Å². The number of aromatic amines is 1. The van der Waals surface area contributed by atoms with E-state index < -0.39 is 10.0 Å². The zero-order chi connectivity index (χ0) is 14.6. The number of hydrogen-bond acceptors (Lipinski definition) is 2. The summed E-state index contributed by atoms with van der Waals surface area (Å²) in [6.45, 7) is 0. The van der Waals surface area contributed by atoms with Gasteiger partial charge in [0.15, 0.2) is 0 Å². The fourth-order valence-corrected chi connectivity index (χ4v) is 4.64. The molecule has 1 aliphatic heterocycles. The van der Waals surface area contributed by atoms with Crippen LogP contribution in [0.1, 0.15) is 17.2 Å². The van der Waals surface area contributed by atoms with E-state index in [1.54, 1.807) is 12.1 Å². The molecule has 0 radical (unpaired) electrons. The van der Waals surface area contributed by atoms with Crippen LogP contribution in [-0.2, 0) is 10.0 Å². The first-order chi connectivity index (χ1) is 10.1. The van der Waals surface area contributed by atoms with Gasteiger partial charge in [0.2, 0.25) is 10.0 Å². The van der Waals surface area contributed by atoms with E-state index >= 15 is 0 Å². The van der Waals surface area contributed by atoms with Gasteiger partial charge in [0.25, 0.3) is 0 Å². The number of benzene rings is 2. The first-order valence-electron chi connectivity index (χ1n) is 6.44. The van der Waals surface area contributed by atoms with E-state index in [0.29, 0.717) is 4.90 Å². The monoisotopic (exact) mass is 362 g/mol. The number of hydrogen-bond donors (Lipinski definition) is 2. The standard InChI is InChI=1S/C15H11BrN2O2S/c16-9-5-6-13-11(7-9)12(8-17-13)15-10-3-1-2-4-14(10)21(19,20)18-15/h1-8,15,17-18H. The Bertz CT molecular complexity index is 963. The second-order valence-corrected chi connectivity index (χ2v) is 7.62. The van der Waals surface area contributed by atoms with Crippen LogP contribution in [0.3, 0.4) is 0 Å². The second kappa shape index (κ2) is 4.43. The predicted octanol–water partition coefficient (Wildman–Crippen LogP) is 3.31. The van der Waals surface area contributed by atoms with E-state index in [1.807, 2.05) is 36.5 Å². The van der Waals surface area contributed by atoms with E-state index in [9.17, 15) is 8.42 Å². The lowest BCUT2D eigenvalue weighted by Gasteiger charge is -2.09. The first kappa shape index (κ1) is 13.1. The number of rotatable bonds is 1. The Morgan fingerprint density at radius 3 is 2.71 bits per heavy atom. The summed E-state index contributed by atoms with van der Waals surface area (Å²) >= 11 is 3.46. The highest BCUT2D eigenvalue weighted by Crippen LogP contribution is 2.38. The molecule has 2 N–H and O–H groups in total. The molecule has 0 spiro atoms. The van der Waals surface area contributed by atoms with Gasteiger partial charge in [0.1, 0.15) is 0 Å². The molecule has 1 aromatic heterocycles. The van der Waals surface area contributed by atoms with Crippen LogP contribution in [0, 0.1) is 0 Å². The van der Waals surface area contributed by atoms with E-state index in [4.69, 9.17) is 0 Å². The van der Waals surface area contributed by atoms with Crippen molar-refractivity contribution >= 4 is 36.9 Å². The lowest BCUT2D eigenvalue weighted by molar-refractivity contribution is 0.585. The number of H-pyrrole nitrogens is 1. The Morgan fingerprint density at radius 2 is 1.86 bits per heavy atom. The number of fused-ring (bicyclic) bond motifs is 2. The number of aromatic nitrogens is 1. The Labute approximate surface area is 130 Å². The van der Waals surface area contributed by atoms with Gasteiger partial charge < -0.3 is 4.98 Å². The van der Waals surface area contributed by atoms with Crippen molar-refractivity contribution in [2.45, 2.75) is 10.9 Å². The Morgan fingerprint density at radius 1 is 1.05 bits per heavy atom. The molecular weight excluding hydrogens is 352 g/mol. The van der Waals surface area contributed by atoms with Gasteiger partial charge in [0.05, 0.1) is 10.9 Å². The highest BCUT2D eigenvalue weighted by Gasteiger charge is 2.35. The summed E-state index contributed by atoms with van der Waals surface area (Å²) in [4.78, 5) is 3.56. The summed E-state index contributed by atoms with van der Waals surface area (Å²) in [6.07, 6.45) is 1.87. The highest BCUT2D eigenvalue weighted by atomic mass is 79.9. The maximum atomic E-state index is 12.2. The summed E-state index contributed by atoms with van der Waals surface area (Å²) < 4.78 is 28.2.